The van der Waals surface area contributed by atoms with E-state index in [1.54, 1.807) is 0 Å². The molecule has 0 aliphatic rings. The minimum atomic E-state index is -0.804. The molecule has 1 aromatic heterocycles. The van der Waals surface area contributed by atoms with Gasteiger partial charge in [0.1, 0.15) is 0 Å². The third-order valence-corrected chi connectivity index (χ3v) is 3.85. The van der Waals surface area contributed by atoms with E-state index < -0.39 is 5.97 Å². The van der Waals surface area contributed by atoms with Crippen molar-refractivity contribution in [3.05, 3.63) is 45.6 Å². The number of carbonyl (C=O) groups is 1. The Kier molecular flexibility index (Phi) is 3.67. The van der Waals surface area contributed by atoms with E-state index in [9.17, 15) is 4.79 Å². The van der Waals surface area contributed by atoms with Crippen molar-refractivity contribution in [2.75, 3.05) is 5.32 Å². The van der Waals surface area contributed by atoms with Gasteiger partial charge in [-0.2, -0.15) is 0 Å². The molecule has 0 saturated carbocycles. The highest BCUT2D eigenvalue weighted by molar-refractivity contribution is 7.10. The lowest BCUT2D eigenvalue weighted by Gasteiger charge is -2.11. The molecule has 0 radical (unpaired) electrons. The van der Waals surface area contributed by atoms with Crippen molar-refractivity contribution in [2.24, 2.45) is 0 Å². The van der Waals surface area contributed by atoms with E-state index in [1.807, 2.05) is 23.6 Å². The molecular formula is C14H15NO2S. The largest absolute Gasteiger partial charge is 0.481 e. The standard InChI is InChI=1S/C14H15NO2S/c1-9-4-3-5-11(10(9)2)15-12-6-7-18-13(12)8-14(16)17/h3-7,15H,8H2,1-2H3,(H,16,17). The first-order valence-electron chi connectivity index (χ1n) is 5.69. The fourth-order valence-electron chi connectivity index (χ4n) is 1.76. The first-order chi connectivity index (χ1) is 8.58. The second kappa shape index (κ2) is 5.23. The number of benzene rings is 1. The molecule has 0 atom stereocenters. The molecular weight excluding hydrogens is 246 g/mol. The molecule has 94 valence electrons. The Hall–Kier alpha value is -1.81. The SMILES string of the molecule is Cc1cccc(Nc2ccsc2CC(=O)O)c1C. The minimum Gasteiger partial charge on any atom is -0.481 e. The number of aryl methyl sites for hydroxylation is 1. The van der Waals surface area contributed by atoms with Gasteiger partial charge in [-0.25, -0.2) is 0 Å². The van der Waals surface area contributed by atoms with Gasteiger partial charge in [-0.3, -0.25) is 4.79 Å². The zero-order valence-electron chi connectivity index (χ0n) is 10.4. The molecule has 2 rings (SSSR count). The van der Waals surface area contributed by atoms with Gasteiger partial charge in [0.25, 0.3) is 0 Å². The Bertz CT molecular complexity index is 575. The van der Waals surface area contributed by atoms with Crippen LogP contribution in [0.2, 0.25) is 0 Å². The van der Waals surface area contributed by atoms with Crippen molar-refractivity contribution in [1.29, 1.82) is 0 Å². The summed E-state index contributed by atoms with van der Waals surface area (Å²) in [6.07, 6.45) is 0.0604. The molecule has 2 aromatic rings. The summed E-state index contributed by atoms with van der Waals surface area (Å²) in [5, 5.41) is 14.1. The minimum absolute atomic E-state index is 0.0604. The third-order valence-electron chi connectivity index (χ3n) is 2.93. The molecule has 0 aliphatic heterocycles. The summed E-state index contributed by atoms with van der Waals surface area (Å²) >= 11 is 1.46. The van der Waals surface area contributed by atoms with Crippen molar-refractivity contribution in [1.82, 2.24) is 0 Å². The first-order valence-corrected chi connectivity index (χ1v) is 6.57. The maximum Gasteiger partial charge on any atom is 0.308 e. The number of anilines is 2. The van der Waals surface area contributed by atoms with E-state index in [2.05, 4.69) is 25.2 Å². The van der Waals surface area contributed by atoms with Gasteiger partial charge in [0.15, 0.2) is 0 Å². The van der Waals surface area contributed by atoms with Crippen LogP contribution in [-0.2, 0) is 11.2 Å². The number of nitrogens with one attached hydrogen (secondary N) is 1. The highest BCUT2D eigenvalue weighted by atomic mass is 32.1. The van der Waals surface area contributed by atoms with Gasteiger partial charge in [0.05, 0.1) is 12.1 Å². The maximum absolute atomic E-state index is 10.8. The van der Waals surface area contributed by atoms with E-state index in [0.29, 0.717) is 0 Å². The van der Waals surface area contributed by atoms with Crippen LogP contribution in [0, 0.1) is 13.8 Å². The summed E-state index contributed by atoms with van der Waals surface area (Å²) in [6, 6.07) is 7.98. The number of hydrogen-bond acceptors (Lipinski definition) is 3. The van der Waals surface area contributed by atoms with Gasteiger partial charge in [-0.05, 0) is 42.5 Å². The molecule has 1 heterocycles. The summed E-state index contributed by atoms with van der Waals surface area (Å²) < 4.78 is 0. The summed E-state index contributed by atoms with van der Waals surface area (Å²) in [5.74, 6) is -0.804. The lowest BCUT2D eigenvalue weighted by molar-refractivity contribution is -0.136. The molecule has 18 heavy (non-hydrogen) atoms. The van der Waals surface area contributed by atoms with Gasteiger partial charge in [0.2, 0.25) is 0 Å². The number of carboxylic acid groups (broad SMARTS) is 1. The van der Waals surface area contributed by atoms with E-state index in [-0.39, 0.29) is 6.42 Å². The van der Waals surface area contributed by atoms with Gasteiger partial charge >= 0.3 is 5.97 Å². The highest BCUT2D eigenvalue weighted by Gasteiger charge is 2.09. The molecule has 0 spiro atoms. The predicted molar refractivity (Wildman–Crippen MR) is 74.9 cm³/mol. The van der Waals surface area contributed by atoms with Gasteiger partial charge < -0.3 is 10.4 Å². The fraction of sp³-hybridized carbons (Fsp3) is 0.214. The van der Waals surface area contributed by atoms with Crippen LogP contribution in [0.15, 0.2) is 29.6 Å². The smallest absolute Gasteiger partial charge is 0.308 e. The van der Waals surface area contributed by atoms with Crippen LogP contribution in [0.25, 0.3) is 0 Å². The molecule has 1 aromatic carbocycles. The summed E-state index contributed by atoms with van der Waals surface area (Å²) in [4.78, 5) is 11.6. The zero-order chi connectivity index (χ0) is 13.1. The van der Waals surface area contributed by atoms with Crippen molar-refractivity contribution < 1.29 is 9.90 Å². The number of aliphatic carboxylic acids is 1. The molecule has 0 fully saturated rings. The van der Waals surface area contributed by atoms with E-state index in [0.717, 1.165) is 16.3 Å². The maximum atomic E-state index is 10.8. The Labute approximate surface area is 110 Å². The van der Waals surface area contributed by atoms with Crippen LogP contribution < -0.4 is 5.32 Å². The van der Waals surface area contributed by atoms with Crippen LogP contribution in [0.5, 0.6) is 0 Å². The topological polar surface area (TPSA) is 49.3 Å². The lowest BCUT2D eigenvalue weighted by Crippen LogP contribution is -2.01. The normalized spacial score (nSPS) is 10.3. The molecule has 3 nitrogen and oxygen atoms in total. The summed E-state index contributed by atoms with van der Waals surface area (Å²) in [5.41, 5.74) is 4.32. The number of hydrogen-bond donors (Lipinski definition) is 2. The lowest BCUT2D eigenvalue weighted by atomic mass is 10.1. The predicted octanol–water partition coefficient (Wildman–Crippen LogP) is 3.74. The van der Waals surface area contributed by atoms with E-state index >= 15 is 0 Å². The Balaban J connectivity index is 2.26. The van der Waals surface area contributed by atoms with Crippen LogP contribution >= 0.6 is 11.3 Å². The third kappa shape index (κ3) is 2.71. The van der Waals surface area contributed by atoms with Gasteiger partial charge in [0, 0.05) is 10.6 Å². The quantitative estimate of drug-likeness (QED) is 0.881. The molecule has 0 unspecified atom stereocenters. The van der Waals surface area contributed by atoms with Gasteiger partial charge in [-0.15, -0.1) is 11.3 Å². The number of thiophene rings is 1. The van der Waals surface area contributed by atoms with Crippen molar-refractivity contribution in [3.63, 3.8) is 0 Å². The molecule has 0 aliphatic carbocycles. The van der Waals surface area contributed by atoms with Crippen LogP contribution in [0.3, 0.4) is 0 Å². The van der Waals surface area contributed by atoms with Crippen LogP contribution in [0.4, 0.5) is 11.4 Å². The molecule has 0 amide bonds. The van der Waals surface area contributed by atoms with Crippen molar-refractivity contribution in [2.45, 2.75) is 20.3 Å². The van der Waals surface area contributed by atoms with Gasteiger partial charge in [-0.1, -0.05) is 12.1 Å². The fourth-order valence-corrected chi connectivity index (χ4v) is 2.58. The Morgan fingerprint density at radius 2 is 2.06 bits per heavy atom. The molecule has 0 bridgehead atoms. The summed E-state index contributed by atoms with van der Waals surface area (Å²) in [6.45, 7) is 4.12. The Morgan fingerprint density at radius 1 is 1.28 bits per heavy atom. The van der Waals surface area contributed by atoms with Crippen LogP contribution in [-0.4, -0.2) is 11.1 Å². The molecule has 4 heteroatoms. The monoisotopic (exact) mass is 261 g/mol. The highest BCUT2D eigenvalue weighted by Crippen LogP contribution is 2.28. The second-order valence-corrected chi connectivity index (χ2v) is 5.20. The van der Waals surface area contributed by atoms with E-state index in [1.165, 1.54) is 22.5 Å². The number of carboxylic acids is 1. The average molecular weight is 261 g/mol. The van der Waals surface area contributed by atoms with Crippen molar-refractivity contribution >= 4 is 28.7 Å². The molecule has 0 saturated heterocycles. The zero-order valence-corrected chi connectivity index (χ0v) is 11.2. The molecule has 2 N–H and O–H groups in total. The van der Waals surface area contributed by atoms with Crippen molar-refractivity contribution in [3.8, 4) is 0 Å². The second-order valence-electron chi connectivity index (χ2n) is 4.20. The van der Waals surface area contributed by atoms with E-state index in [4.69, 9.17) is 5.11 Å². The van der Waals surface area contributed by atoms with Crippen LogP contribution in [0.1, 0.15) is 16.0 Å². The number of rotatable bonds is 4. The summed E-state index contributed by atoms with van der Waals surface area (Å²) in [7, 11) is 0. The average Bonchev–Trinajstić information content (AvgIpc) is 2.72. The first kappa shape index (κ1) is 12.6. The Morgan fingerprint density at radius 3 is 2.78 bits per heavy atom.